The largest absolute Gasteiger partial charge is 0.497 e. The number of aromatic amines is 1. The molecular formula is C14H16N2O3. The maximum atomic E-state index is 10.1. The fourth-order valence-corrected chi connectivity index (χ4v) is 1.88. The van der Waals surface area contributed by atoms with Gasteiger partial charge in [0.15, 0.2) is 0 Å². The quantitative estimate of drug-likeness (QED) is 0.608. The van der Waals surface area contributed by atoms with Gasteiger partial charge in [-0.25, -0.2) is 0 Å². The minimum Gasteiger partial charge on any atom is -0.497 e. The van der Waals surface area contributed by atoms with Gasteiger partial charge in [-0.1, -0.05) is 12.1 Å². The topological polar surface area (TPSA) is 64.2 Å². The van der Waals surface area contributed by atoms with Gasteiger partial charge >= 0.3 is 0 Å². The molecule has 19 heavy (non-hydrogen) atoms. The Hall–Kier alpha value is -2.30. The lowest BCUT2D eigenvalue weighted by Gasteiger charge is -2.04. The SMILES string of the molecule is COc1ccc(Cc2cn[nH]c2CCOC=O)cc1. The second-order valence-corrected chi connectivity index (χ2v) is 4.12. The summed E-state index contributed by atoms with van der Waals surface area (Å²) >= 11 is 0. The minimum atomic E-state index is 0.362. The number of ether oxygens (including phenoxy) is 2. The van der Waals surface area contributed by atoms with Crippen molar-refractivity contribution in [2.24, 2.45) is 0 Å². The lowest BCUT2D eigenvalue weighted by atomic mass is 10.0. The summed E-state index contributed by atoms with van der Waals surface area (Å²) in [6.45, 7) is 0.820. The van der Waals surface area contributed by atoms with Crippen LogP contribution in [0.1, 0.15) is 16.8 Å². The Morgan fingerprint density at radius 3 is 2.79 bits per heavy atom. The molecule has 0 aliphatic heterocycles. The number of carbonyl (C=O) groups is 1. The van der Waals surface area contributed by atoms with Gasteiger partial charge in [-0.3, -0.25) is 9.89 Å². The van der Waals surface area contributed by atoms with Gasteiger partial charge in [0.25, 0.3) is 6.47 Å². The Balaban J connectivity index is 2.01. The Labute approximate surface area is 111 Å². The van der Waals surface area contributed by atoms with E-state index in [9.17, 15) is 4.79 Å². The van der Waals surface area contributed by atoms with Gasteiger partial charge in [0, 0.05) is 18.5 Å². The van der Waals surface area contributed by atoms with Crippen LogP contribution >= 0.6 is 0 Å². The fraction of sp³-hybridized carbons (Fsp3) is 0.286. The lowest BCUT2D eigenvalue weighted by molar-refractivity contribution is -0.128. The molecule has 1 aromatic carbocycles. The van der Waals surface area contributed by atoms with Gasteiger partial charge in [0.05, 0.1) is 19.9 Å². The van der Waals surface area contributed by atoms with Crippen LogP contribution in [0.5, 0.6) is 5.75 Å². The zero-order chi connectivity index (χ0) is 13.5. The highest BCUT2D eigenvalue weighted by Crippen LogP contribution is 2.16. The van der Waals surface area contributed by atoms with Crippen molar-refractivity contribution in [2.75, 3.05) is 13.7 Å². The average Bonchev–Trinajstić information content (AvgIpc) is 2.87. The van der Waals surface area contributed by atoms with E-state index < -0.39 is 0 Å². The molecule has 0 spiro atoms. The molecule has 0 atom stereocenters. The first-order valence-electron chi connectivity index (χ1n) is 6.02. The van der Waals surface area contributed by atoms with Crippen molar-refractivity contribution in [3.8, 4) is 5.75 Å². The monoisotopic (exact) mass is 260 g/mol. The van der Waals surface area contributed by atoms with Crippen molar-refractivity contribution in [3.63, 3.8) is 0 Å². The normalized spacial score (nSPS) is 10.2. The van der Waals surface area contributed by atoms with Crippen molar-refractivity contribution in [1.29, 1.82) is 0 Å². The predicted molar refractivity (Wildman–Crippen MR) is 70.1 cm³/mol. The molecule has 0 aliphatic rings. The molecule has 0 aliphatic carbocycles. The van der Waals surface area contributed by atoms with Crippen LogP contribution in [0.4, 0.5) is 0 Å². The van der Waals surface area contributed by atoms with E-state index >= 15 is 0 Å². The Morgan fingerprint density at radius 2 is 2.11 bits per heavy atom. The summed E-state index contributed by atoms with van der Waals surface area (Å²) in [5, 5.41) is 6.97. The highest BCUT2D eigenvalue weighted by atomic mass is 16.5. The first-order chi connectivity index (χ1) is 9.33. The van der Waals surface area contributed by atoms with Gasteiger partial charge in [0.1, 0.15) is 5.75 Å². The van der Waals surface area contributed by atoms with Crippen LogP contribution in [0.3, 0.4) is 0 Å². The minimum absolute atomic E-state index is 0.362. The molecule has 0 fully saturated rings. The molecule has 0 saturated heterocycles. The van der Waals surface area contributed by atoms with E-state index in [-0.39, 0.29) is 0 Å². The molecule has 0 bridgehead atoms. The Kier molecular flexibility index (Phi) is 4.55. The maximum Gasteiger partial charge on any atom is 0.293 e. The number of rotatable bonds is 7. The van der Waals surface area contributed by atoms with Crippen LogP contribution in [0.15, 0.2) is 30.5 Å². The lowest BCUT2D eigenvalue weighted by Crippen LogP contribution is -2.00. The molecule has 5 heteroatoms. The molecule has 1 heterocycles. The molecule has 1 aromatic heterocycles. The summed E-state index contributed by atoms with van der Waals surface area (Å²) in [6.07, 6.45) is 3.24. The third-order valence-electron chi connectivity index (χ3n) is 2.90. The number of hydrogen-bond donors (Lipinski definition) is 1. The van der Waals surface area contributed by atoms with Crippen LogP contribution in [-0.4, -0.2) is 30.4 Å². The molecule has 5 nitrogen and oxygen atoms in total. The number of carbonyl (C=O) groups excluding carboxylic acids is 1. The van der Waals surface area contributed by atoms with Gasteiger partial charge in [-0.2, -0.15) is 5.10 Å². The standard InChI is InChI=1S/C14H16N2O3/c1-18-13-4-2-11(3-5-13)8-12-9-15-16-14(12)6-7-19-10-17/h2-5,9-10H,6-8H2,1H3,(H,15,16). The highest BCUT2D eigenvalue weighted by Gasteiger charge is 2.06. The molecule has 0 saturated carbocycles. The molecular weight excluding hydrogens is 244 g/mol. The van der Waals surface area contributed by atoms with Crippen LogP contribution in [0.25, 0.3) is 0 Å². The van der Waals surface area contributed by atoms with Gasteiger partial charge < -0.3 is 9.47 Å². The van der Waals surface area contributed by atoms with E-state index in [1.165, 1.54) is 5.56 Å². The third-order valence-corrected chi connectivity index (χ3v) is 2.90. The number of aromatic nitrogens is 2. The van der Waals surface area contributed by atoms with Crippen LogP contribution in [0, 0.1) is 0 Å². The second kappa shape index (κ2) is 6.58. The van der Waals surface area contributed by atoms with Crippen LogP contribution < -0.4 is 4.74 Å². The summed E-state index contributed by atoms with van der Waals surface area (Å²) in [6, 6.07) is 7.92. The third kappa shape index (κ3) is 3.58. The molecule has 0 radical (unpaired) electrons. The first kappa shape index (κ1) is 13.1. The van der Waals surface area contributed by atoms with Crippen molar-refractivity contribution in [2.45, 2.75) is 12.8 Å². The number of H-pyrrole nitrogens is 1. The number of nitrogens with one attached hydrogen (secondary N) is 1. The average molecular weight is 260 g/mol. The van der Waals surface area contributed by atoms with Crippen molar-refractivity contribution >= 4 is 6.47 Å². The smallest absolute Gasteiger partial charge is 0.293 e. The number of methoxy groups -OCH3 is 1. The van der Waals surface area contributed by atoms with E-state index in [1.54, 1.807) is 13.3 Å². The molecule has 0 amide bonds. The summed E-state index contributed by atoms with van der Waals surface area (Å²) in [4.78, 5) is 10.1. The zero-order valence-corrected chi connectivity index (χ0v) is 10.8. The summed E-state index contributed by atoms with van der Waals surface area (Å²) < 4.78 is 9.82. The zero-order valence-electron chi connectivity index (χ0n) is 10.8. The van der Waals surface area contributed by atoms with Crippen molar-refractivity contribution in [3.05, 3.63) is 47.3 Å². The molecule has 100 valence electrons. The predicted octanol–water partition coefficient (Wildman–Crippen LogP) is 1.72. The number of hydrogen-bond acceptors (Lipinski definition) is 4. The summed E-state index contributed by atoms with van der Waals surface area (Å²) in [5.74, 6) is 0.843. The van der Waals surface area contributed by atoms with E-state index in [0.29, 0.717) is 19.5 Å². The van der Waals surface area contributed by atoms with Crippen LogP contribution in [-0.2, 0) is 22.4 Å². The fourth-order valence-electron chi connectivity index (χ4n) is 1.88. The van der Waals surface area contributed by atoms with E-state index in [1.807, 2.05) is 24.3 Å². The molecule has 2 aromatic rings. The Bertz CT molecular complexity index is 520. The molecule has 1 N–H and O–H groups in total. The maximum absolute atomic E-state index is 10.1. The van der Waals surface area contributed by atoms with Gasteiger partial charge in [-0.15, -0.1) is 0 Å². The van der Waals surface area contributed by atoms with Crippen LogP contribution in [0.2, 0.25) is 0 Å². The number of benzene rings is 1. The van der Waals surface area contributed by atoms with Gasteiger partial charge in [0.2, 0.25) is 0 Å². The van der Waals surface area contributed by atoms with Gasteiger partial charge in [-0.05, 0) is 23.3 Å². The summed E-state index contributed by atoms with van der Waals surface area (Å²) in [7, 11) is 1.65. The Morgan fingerprint density at radius 1 is 1.32 bits per heavy atom. The number of nitrogens with zero attached hydrogens (tertiary/aromatic N) is 1. The van der Waals surface area contributed by atoms with Crippen molar-refractivity contribution < 1.29 is 14.3 Å². The molecule has 2 rings (SSSR count). The highest BCUT2D eigenvalue weighted by molar-refractivity contribution is 5.37. The van der Waals surface area contributed by atoms with E-state index in [2.05, 4.69) is 10.2 Å². The van der Waals surface area contributed by atoms with Crippen molar-refractivity contribution in [1.82, 2.24) is 10.2 Å². The van der Waals surface area contributed by atoms with E-state index in [0.717, 1.165) is 23.4 Å². The molecule has 0 unspecified atom stereocenters. The second-order valence-electron chi connectivity index (χ2n) is 4.12. The summed E-state index contributed by atoms with van der Waals surface area (Å²) in [5.41, 5.74) is 3.29. The van der Waals surface area contributed by atoms with E-state index in [4.69, 9.17) is 9.47 Å². The first-order valence-corrected chi connectivity index (χ1v) is 6.02.